The van der Waals surface area contributed by atoms with Crippen LogP contribution in [0, 0.1) is 5.82 Å². The molecule has 1 aliphatic carbocycles. The third-order valence-corrected chi connectivity index (χ3v) is 6.62. The van der Waals surface area contributed by atoms with E-state index in [2.05, 4.69) is 9.69 Å². The van der Waals surface area contributed by atoms with Gasteiger partial charge in [0.15, 0.2) is 5.69 Å². The first-order valence-corrected chi connectivity index (χ1v) is 11.6. The summed E-state index contributed by atoms with van der Waals surface area (Å²) in [4.78, 5) is 40.1. The minimum atomic E-state index is -1.11. The molecule has 3 amide bonds. The molecule has 1 unspecified atom stereocenters. The summed E-state index contributed by atoms with van der Waals surface area (Å²) in [5.74, 6) is -1.95. The van der Waals surface area contributed by atoms with Crippen LogP contribution in [0.2, 0.25) is 0 Å². The van der Waals surface area contributed by atoms with Crippen molar-refractivity contribution in [3.8, 4) is 0 Å². The van der Waals surface area contributed by atoms with Crippen molar-refractivity contribution in [3.05, 3.63) is 70.4 Å². The topological polar surface area (TPSA) is 145 Å². The molecular weight excluding hydrogens is 461 g/mol. The Morgan fingerprint density at radius 2 is 1.91 bits per heavy atom. The predicted octanol–water partition coefficient (Wildman–Crippen LogP) is 3.00. The number of nitrogens with one attached hydrogen (secondary N) is 1. The van der Waals surface area contributed by atoms with E-state index in [4.69, 9.17) is 15.9 Å². The lowest BCUT2D eigenvalue weighted by Crippen LogP contribution is -2.45. The average Bonchev–Trinajstić information content (AvgIpc) is 3.57. The molecule has 11 heteroatoms. The van der Waals surface area contributed by atoms with E-state index < -0.39 is 29.6 Å². The standard InChI is InChI=1S/C23H24FN5O4S/c24-14-9-7-13(8-10-14)19(22(31)27-15-4-1-2-5-15)29(12-16-6-3-11-33-16)23(32)20-17(25)18(21(26)30)28-34-20/h3,6-11,15,19H,1-2,4-5,12,25H2,(H2,26,30)(H,27,31). The van der Waals surface area contributed by atoms with E-state index in [0.29, 0.717) is 11.3 Å². The number of primary amides is 1. The molecule has 1 aliphatic rings. The maximum atomic E-state index is 13.7. The molecule has 0 saturated heterocycles. The van der Waals surface area contributed by atoms with Crippen LogP contribution in [0.3, 0.4) is 0 Å². The molecule has 34 heavy (non-hydrogen) atoms. The maximum absolute atomic E-state index is 13.7. The van der Waals surface area contributed by atoms with E-state index in [1.807, 2.05) is 0 Å². The molecule has 1 atom stereocenters. The van der Waals surface area contributed by atoms with Gasteiger partial charge in [0.05, 0.1) is 18.5 Å². The van der Waals surface area contributed by atoms with Crippen LogP contribution < -0.4 is 16.8 Å². The minimum Gasteiger partial charge on any atom is -0.467 e. The average molecular weight is 486 g/mol. The molecule has 5 N–H and O–H groups in total. The molecule has 0 spiro atoms. The summed E-state index contributed by atoms with van der Waals surface area (Å²) in [5.41, 5.74) is 11.4. The molecule has 1 saturated carbocycles. The van der Waals surface area contributed by atoms with Crippen molar-refractivity contribution in [3.63, 3.8) is 0 Å². The summed E-state index contributed by atoms with van der Waals surface area (Å²) in [6.45, 7) is -0.0742. The molecule has 9 nitrogen and oxygen atoms in total. The van der Waals surface area contributed by atoms with Gasteiger partial charge in [-0.15, -0.1) is 0 Å². The second-order valence-corrected chi connectivity index (χ2v) is 8.87. The van der Waals surface area contributed by atoms with E-state index in [9.17, 15) is 18.8 Å². The first-order chi connectivity index (χ1) is 16.3. The first-order valence-electron chi connectivity index (χ1n) is 10.8. The maximum Gasteiger partial charge on any atom is 0.270 e. The van der Waals surface area contributed by atoms with Crippen LogP contribution in [0.25, 0.3) is 0 Å². The van der Waals surface area contributed by atoms with Crippen LogP contribution in [-0.4, -0.2) is 33.0 Å². The highest BCUT2D eigenvalue weighted by molar-refractivity contribution is 7.09. The quantitative estimate of drug-likeness (QED) is 0.447. The predicted molar refractivity (Wildman–Crippen MR) is 123 cm³/mol. The van der Waals surface area contributed by atoms with Gasteiger partial charge in [-0.2, -0.15) is 4.37 Å². The number of rotatable bonds is 8. The molecule has 0 radical (unpaired) electrons. The molecule has 2 aromatic heterocycles. The zero-order valence-electron chi connectivity index (χ0n) is 18.2. The van der Waals surface area contributed by atoms with Crippen LogP contribution >= 0.6 is 11.5 Å². The number of carbonyl (C=O) groups excluding carboxylic acids is 3. The highest BCUT2D eigenvalue weighted by Crippen LogP contribution is 2.31. The van der Waals surface area contributed by atoms with E-state index in [-0.39, 0.29) is 28.8 Å². The third kappa shape index (κ3) is 4.93. The van der Waals surface area contributed by atoms with E-state index in [1.54, 1.807) is 12.1 Å². The van der Waals surface area contributed by atoms with E-state index >= 15 is 0 Å². The molecule has 3 aromatic rings. The Hall–Kier alpha value is -3.73. The molecule has 1 fully saturated rings. The molecule has 4 rings (SSSR count). The molecule has 0 aliphatic heterocycles. The number of amides is 3. The third-order valence-electron chi connectivity index (χ3n) is 5.77. The highest BCUT2D eigenvalue weighted by Gasteiger charge is 2.36. The van der Waals surface area contributed by atoms with Crippen molar-refractivity contribution in [1.29, 1.82) is 0 Å². The number of carbonyl (C=O) groups is 3. The monoisotopic (exact) mass is 485 g/mol. The van der Waals surface area contributed by atoms with Gasteiger partial charge in [-0.05, 0) is 54.2 Å². The second kappa shape index (κ2) is 10.0. The van der Waals surface area contributed by atoms with E-state index in [0.717, 1.165) is 37.2 Å². The van der Waals surface area contributed by atoms with Gasteiger partial charge in [-0.1, -0.05) is 25.0 Å². The summed E-state index contributed by atoms with van der Waals surface area (Å²) in [6.07, 6.45) is 5.16. The van der Waals surface area contributed by atoms with Crippen molar-refractivity contribution >= 4 is 34.9 Å². The van der Waals surface area contributed by atoms with Crippen molar-refractivity contribution in [2.45, 2.75) is 44.3 Å². The largest absolute Gasteiger partial charge is 0.467 e. The zero-order chi connectivity index (χ0) is 24.2. The van der Waals surface area contributed by atoms with Crippen LogP contribution in [0.1, 0.15) is 63.2 Å². The summed E-state index contributed by atoms with van der Waals surface area (Å²) < 4.78 is 23.0. The molecule has 178 valence electrons. The van der Waals surface area contributed by atoms with Gasteiger partial charge in [0.1, 0.15) is 22.5 Å². The first kappa shape index (κ1) is 23.4. The molecular formula is C23H24FN5O4S. The lowest BCUT2D eigenvalue weighted by Gasteiger charge is -2.31. The van der Waals surface area contributed by atoms with Gasteiger partial charge < -0.3 is 26.1 Å². The Labute approximate surface area is 199 Å². The number of hydrogen-bond donors (Lipinski definition) is 3. The van der Waals surface area contributed by atoms with Crippen LogP contribution in [0.15, 0.2) is 47.1 Å². The van der Waals surface area contributed by atoms with Crippen molar-refractivity contribution in [1.82, 2.24) is 14.6 Å². The van der Waals surface area contributed by atoms with Gasteiger partial charge >= 0.3 is 0 Å². The number of halogens is 1. The number of furan rings is 1. The Bertz CT molecular complexity index is 1170. The lowest BCUT2D eigenvalue weighted by atomic mass is 10.0. The number of hydrogen-bond acceptors (Lipinski definition) is 7. The SMILES string of the molecule is NC(=O)c1nsc(C(=O)N(Cc2ccco2)C(C(=O)NC2CCCC2)c2ccc(F)cc2)c1N. The number of nitrogen functional groups attached to an aromatic ring is 1. The smallest absolute Gasteiger partial charge is 0.270 e. The molecule has 1 aromatic carbocycles. The highest BCUT2D eigenvalue weighted by atomic mass is 32.1. The normalized spacial score (nSPS) is 14.6. The van der Waals surface area contributed by atoms with Crippen molar-refractivity contribution in [2.75, 3.05) is 5.73 Å². The summed E-state index contributed by atoms with van der Waals surface area (Å²) in [5, 5.41) is 3.02. The Balaban J connectivity index is 1.76. The number of nitrogens with two attached hydrogens (primary N) is 2. The Kier molecular flexibility index (Phi) is 6.92. The Morgan fingerprint density at radius 3 is 2.50 bits per heavy atom. The van der Waals surface area contributed by atoms with Gasteiger partial charge in [0.2, 0.25) is 5.91 Å². The summed E-state index contributed by atoms with van der Waals surface area (Å²) in [7, 11) is 0. The fourth-order valence-electron chi connectivity index (χ4n) is 4.08. The van der Waals surface area contributed by atoms with Gasteiger partial charge in [-0.25, -0.2) is 4.39 Å². The van der Waals surface area contributed by atoms with Crippen LogP contribution in [0.4, 0.5) is 10.1 Å². The van der Waals surface area contributed by atoms with Gasteiger partial charge in [0, 0.05) is 6.04 Å². The summed E-state index contributed by atoms with van der Waals surface area (Å²) in [6, 6.07) is 7.59. The fraction of sp³-hybridized carbons (Fsp3) is 0.304. The zero-order valence-corrected chi connectivity index (χ0v) is 19.0. The van der Waals surface area contributed by atoms with Crippen LogP contribution in [-0.2, 0) is 11.3 Å². The minimum absolute atomic E-state index is 0.00838. The lowest BCUT2D eigenvalue weighted by molar-refractivity contribution is -0.126. The van der Waals surface area contributed by atoms with Crippen LogP contribution in [0.5, 0.6) is 0 Å². The van der Waals surface area contributed by atoms with E-state index in [1.165, 1.54) is 35.4 Å². The Morgan fingerprint density at radius 1 is 1.21 bits per heavy atom. The fourth-order valence-corrected chi connectivity index (χ4v) is 4.84. The number of benzene rings is 1. The number of nitrogens with zero attached hydrogens (tertiary/aromatic N) is 2. The summed E-state index contributed by atoms with van der Waals surface area (Å²) >= 11 is 0.724. The molecule has 0 bridgehead atoms. The number of aromatic nitrogens is 1. The molecule has 2 heterocycles. The van der Waals surface area contributed by atoms with Gasteiger partial charge in [-0.3, -0.25) is 14.4 Å². The second-order valence-electron chi connectivity index (χ2n) is 8.09. The number of anilines is 1. The van der Waals surface area contributed by atoms with Crippen molar-refractivity contribution in [2.24, 2.45) is 5.73 Å². The van der Waals surface area contributed by atoms with Crippen molar-refractivity contribution < 1.29 is 23.2 Å². The van der Waals surface area contributed by atoms with Gasteiger partial charge in [0.25, 0.3) is 11.8 Å².